The van der Waals surface area contributed by atoms with E-state index in [0.717, 1.165) is 12.8 Å². The Kier molecular flexibility index (Phi) is 3.49. The van der Waals surface area contributed by atoms with Gasteiger partial charge in [0.25, 0.3) is 5.91 Å². The molecule has 0 aromatic carbocycles. The molecule has 8 nitrogen and oxygen atoms in total. The summed E-state index contributed by atoms with van der Waals surface area (Å²) in [4.78, 5) is 20.6. The fourth-order valence-electron chi connectivity index (χ4n) is 2.95. The molecule has 2 aromatic heterocycles. The summed E-state index contributed by atoms with van der Waals surface area (Å²) < 4.78 is 7.45. The maximum Gasteiger partial charge on any atom is 0.257 e. The summed E-state index contributed by atoms with van der Waals surface area (Å²) in [6.07, 6.45) is 5.47. The highest BCUT2D eigenvalue weighted by Crippen LogP contribution is 2.41. The van der Waals surface area contributed by atoms with Crippen LogP contribution in [0.2, 0.25) is 0 Å². The second kappa shape index (κ2) is 5.67. The second-order valence-corrected chi connectivity index (χ2v) is 6.27. The van der Waals surface area contributed by atoms with E-state index in [1.807, 2.05) is 4.90 Å². The van der Waals surface area contributed by atoms with Crippen LogP contribution >= 0.6 is 0 Å². The van der Waals surface area contributed by atoms with Crippen LogP contribution in [-0.4, -0.2) is 51.8 Å². The lowest BCUT2D eigenvalue weighted by Crippen LogP contribution is -2.48. The summed E-state index contributed by atoms with van der Waals surface area (Å²) in [6, 6.07) is 2.12. The highest BCUT2D eigenvalue weighted by molar-refractivity contribution is 5.93. The highest BCUT2D eigenvalue weighted by Gasteiger charge is 2.33. The summed E-state index contributed by atoms with van der Waals surface area (Å²) in [5.74, 6) is 1.59. The van der Waals surface area contributed by atoms with E-state index in [4.69, 9.17) is 4.42 Å². The van der Waals surface area contributed by atoms with E-state index < -0.39 is 0 Å². The van der Waals surface area contributed by atoms with Crippen molar-refractivity contribution in [3.8, 4) is 6.07 Å². The first-order valence-electron chi connectivity index (χ1n) is 8.09. The number of hydrogen-bond donors (Lipinski definition) is 0. The lowest BCUT2D eigenvalue weighted by atomic mass is 10.2. The smallest absolute Gasteiger partial charge is 0.257 e. The molecule has 24 heavy (non-hydrogen) atoms. The lowest BCUT2D eigenvalue weighted by Gasteiger charge is -2.34. The van der Waals surface area contributed by atoms with Gasteiger partial charge in [0.1, 0.15) is 6.07 Å². The Balaban J connectivity index is 1.44. The first-order valence-corrected chi connectivity index (χ1v) is 8.09. The van der Waals surface area contributed by atoms with Gasteiger partial charge in [-0.2, -0.15) is 10.4 Å². The highest BCUT2D eigenvalue weighted by atomic mass is 16.4. The van der Waals surface area contributed by atoms with Gasteiger partial charge in [0.15, 0.2) is 0 Å². The summed E-state index contributed by atoms with van der Waals surface area (Å²) >= 11 is 0. The average molecular weight is 326 g/mol. The number of aromatic nitrogens is 3. The van der Waals surface area contributed by atoms with Crippen molar-refractivity contribution < 1.29 is 9.21 Å². The van der Waals surface area contributed by atoms with Crippen molar-refractivity contribution in [1.82, 2.24) is 19.7 Å². The molecule has 1 amide bonds. The Labute approximate surface area is 139 Å². The Morgan fingerprint density at radius 3 is 2.67 bits per heavy atom. The second-order valence-electron chi connectivity index (χ2n) is 6.27. The molecular weight excluding hydrogens is 308 g/mol. The normalized spacial score (nSPS) is 17.8. The summed E-state index contributed by atoms with van der Waals surface area (Å²) in [5, 5.41) is 13.3. The Morgan fingerprint density at radius 1 is 1.33 bits per heavy atom. The largest absolute Gasteiger partial charge is 0.423 e. The maximum absolute atomic E-state index is 12.4. The molecule has 124 valence electrons. The monoisotopic (exact) mass is 326 g/mol. The third-order valence-electron chi connectivity index (χ3n) is 4.46. The Bertz CT molecular complexity index is 805. The SMILES string of the molecule is Cn1cc(C(=O)N2CCN(c3oc(C4CC4)nc3C#N)CC2)cn1. The van der Waals surface area contributed by atoms with Crippen molar-refractivity contribution in [2.24, 2.45) is 7.05 Å². The first kappa shape index (κ1) is 14.8. The van der Waals surface area contributed by atoms with Crippen molar-refractivity contribution in [2.45, 2.75) is 18.8 Å². The van der Waals surface area contributed by atoms with Crippen molar-refractivity contribution in [3.05, 3.63) is 29.5 Å². The van der Waals surface area contributed by atoms with Crippen molar-refractivity contribution in [1.29, 1.82) is 5.26 Å². The number of amides is 1. The molecule has 0 N–H and O–H groups in total. The minimum absolute atomic E-state index is 0.0144. The van der Waals surface area contributed by atoms with E-state index in [9.17, 15) is 10.1 Å². The minimum Gasteiger partial charge on any atom is -0.423 e. The van der Waals surface area contributed by atoms with Crippen LogP contribution in [-0.2, 0) is 7.05 Å². The van der Waals surface area contributed by atoms with Gasteiger partial charge in [-0.1, -0.05) is 0 Å². The zero-order valence-corrected chi connectivity index (χ0v) is 13.5. The van der Waals surface area contributed by atoms with Crippen LogP contribution in [0.5, 0.6) is 0 Å². The molecule has 0 atom stereocenters. The number of nitrogens with zero attached hydrogens (tertiary/aromatic N) is 6. The van der Waals surface area contributed by atoms with Gasteiger partial charge in [-0.05, 0) is 12.8 Å². The summed E-state index contributed by atoms with van der Waals surface area (Å²) in [5.41, 5.74) is 0.947. The molecule has 0 radical (unpaired) electrons. The van der Waals surface area contributed by atoms with E-state index in [0.29, 0.717) is 55.1 Å². The van der Waals surface area contributed by atoms with Gasteiger partial charge in [0, 0.05) is 45.3 Å². The molecule has 3 heterocycles. The third kappa shape index (κ3) is 2.62. The Hall–Kier alpha value is -2.82. The van der Waals surface area contributed by atoms with E-state index in [2.05, 4.69) is 16.2 Å². The average Bonchev–Trinajstić information content (AvgIpc) is 3.22. The number of hydrogen-bond acceptors (Lipinski definition) is 6. The molecule has 0 bridgehead atoms. The van der Waals surface area contributed by atoms with Crippen LogP contribution in [0.15, 0.2) is 16.8 Å². The van der Waals surface area contributed by atoms with Crippen LogP contribution in [0, 0.1) is 11.3 Å². The van der Waals surface area contributed by atoms with Gasteiger partial charge in [-0.25, -0.2) is 4.98 Å². The fraction of sp³-hybridized carbons (Fsp3) is 0.500. The quantitative estimate of drug-likeness (QED) is 0.839. The number of piperazine rings is 1. The summed E-state index contributed by atoms with van der Waals surface area (Å²) in [7, 11) is 1.79. The van der Waals surface area contributed by atoms with Gasteiger partial charge in [0.05, 0.1) is 11.8 Å². The van der Waals surface area contributed by atoms with Gasteiger partial charge < -0.3 is 14.2 Å². The Morgan fingerprint density at radius 2 is 2.08 bits per heavy atom. The zero-order valence-electron chi connectivity index (χ0n) is 13.5. The molecule has 0 unspecified atom stereocenters. The van der Waals surface area contributed by atoms with Crippen LogP contribution in [0.1, 0.15) is 40.7 Å². The topological polar surface area (TPSA) is 91.2 Å². The number of nitriles is 1. The fourth-order valence-corrected chi connectivity index (χ4v) is 2.95. The number of anilines is 1. The van der Waals surface area contributed by atoms with E-state index in [1.165, 1.54) is 0 Å². The maximum atomic E-state index is 12.4. The number of oxazole rings is 1. The molecule has 1 aliphatic carbocycles. The standard InChI is InChI=1S/C16H18N6O2/c1-20-10-12(9-18-20)15(23)21-4-6-22(7-5-21)16-13(8-17)19-14(24-16)11-2-3-11/h9-11H,2-7H2,1H3. The van der Waals surface area contributed by atoms with Crippen LogP contribution in [0.4, 0.5) is 5.88 Å². The van der Waals surface area contributed by atoms with Gasteiger partial charge in [-0.3, -0.25) is 9.48 Å². The molecule has 4 rings (SSSR count). The zero-order chi connectivity index (χ0) is 16.7. The van der Waals surface area contributed by atoms with Gasteiger partial charge >= 0.3 is 0 Å². The van der Waals surface area contributed by atoms with E-state index >= 15 is 0 Å². The predicted molar refractivity (Wildman–Crippen MR) is 84.5 cm³/mol. The van der Waals surface area contributed by atoms with Crippen LogP contribution in [0.3, 0.4) is 0 Å². The molecular formula is C16H18N6O2. The molecule has 2 aliphatic rings. The molecule has 2 fully saturated rings. The van der Waals surface area contributed by atoms with Gasteiger partial charge in [-0.15, -0.1) is 0 Å². The summed E-state index contributed by atoms with van der Waals surface area (Å²) in [6.45, 7) is 2.41. The molecule has 1 aliphatic heterocycles. The molecule has 1 saturated heterocycles. The van der Waals surface area contributed by atoms with E-state index in [-0.39, 0.29) is 5.91 Å². The lowest BCUT2D eigenvalue weighted by molar-refractivity contribution is 0.0745. The van der Waals surface area contributed by atoms with Crippen molar-refractivity contribution in [2.75, 3.05) is 31.1 Å². The van der Waals surface area contributed by atoms with Crippen molar-refractivity contribution >= 4 is 11.8 Å². The number of carbonyl (C=O) groups is 1. The molecule has 8 heteroatoms. The van der Waals surface area contributed by atoms with Crippen LogP contribution < -0.4 is 4.90 Å². The van der Waals surface area contributed by atoms with E-state index in [1.54, 1.807) is 29.0 Å². The van der Waals surface area contributed by atoms with Gasteiger partial charge in [0.2, 0.25) is 17.5 Å². The van der Waals surface area contributed by atoms with Crippen LogP contribution in [0.25, 0.3) is 0 Å². The number of aryl methyl sites for hydroxylation is 1. The number of rotatable bonds is 3. The third-order valence-corrected chi connectivity index (χ3v) is 4.46. The predicted octanol–water partition coefficient (Wildman–Crippen LogP) is 1.12. The molecule has 0 spiro atoms. The molecule has 2 aromatic rings. The first-order chi connectivity index (χ1) is 11.7. The minimum atomic E-state index is -0.0144. The number of carbonyl (C=O) groups excluding carboxylic acids is 1. The van der Waals surface area contributed by atoms with Crippen molar-refractivity contribution in [3.63, 3.8) is 0 Å². The molecule has 1 saturated carbocycles.